The molecule has 1 amide bonds. The highest BCUT2D eigenvalue weighted by Crippen LogP contribution is 2.17. The maximum absolute atomic E-state index is 12.8. The molecular formula is C23H25N5O2. The van der Waals surface area contributed by atoms with Gasteiger partial charge < -0.3 is 15.4 Å². The van der Waals surface area contributed by atoms with E-state index in [1.54, 1.807) is 30.7 Å². The van der Waals surface area contributed by atoms with Crippen molar-refractivity contribution in [2.24, 2.45) is 0 Å². The maximum Gasteiger partial charge on any atom is 0.259 e. The minimum absolute atomic E-state index is 0.193. The van der Waals surface area contributed by atoms with E-state index < -0.39 is 0 Å². The molecule has 2 N–H and O–H groups in total. The molecule has 1 fully saturated rings. The van der Waals surface area contributed by atoms with Crippen molar-refractivity contribution in [1.29, 1.82) is 0 Å². The van der Waals surface area contributed by atoms with Crippen molar-refractivity contribution in [1.82, 2.24) is 14.9 Å². The predicted molar refractivity (Wildman–Crippen MR) is 116 cm³/mol. The molecule has 1 saturated heterocycles. The van der Waals surface area contributed by atoms with Gasteiger partial charge in [0.15, 0.2) is 0 Å². The van der Waals surface area contributed by atoms with Crippen molar-refractivity contribution in [3.05, 3.63) is 83.8 Å². The van der Waals surface area contributed by atoms with Crippen molar-refractivity contribution in [2.45, 2.75) is 13.1 Å². The lowest BCUT2D eigenvalue weighted by Gasteiger charge is -2.26. The van der Waals surface area contributed by atoms with Gasteiger partial charge in [-0.15, -0.1) is 0 Å². The highest BCUT2D eigenvalue weighted by Gasteiger charge is 2.13. The highest BCUT2D eigenvalue weighted by atomic mass is 16.5. The minimum atomic E-state index is -0.193. The number of carbonyl (C=O) groups is 1. The molecule has 2 aromatic heterocycles. The zero-order valence-electron chi connectivity index (χ0n) is 16.8. The van der Waals surface area contributed by atoms with Crippen molar-refractivity contribution in [2.75, 3.05) is 36.9 Å². The fourth-order valence-corrected chi connectivity index (χ4v) is 3.33. The van der Waals surface area contributed by atoms with Crippen LogP contribution in [0.2, 0.25) is 0 Å². The molecule has 1 aliphatic rings. The van der Waals surface area contributed by atoms with E-state index in [2.05, 4.69) is 37.6 Å². The number of morpholine rings is 1. The van der Waals surface area contributed by atoms with E-state index in [4.69, 9.17) is 4.74 Å². The number of rotatable bonds is 7. The molecule has 0 bridgehead atoms. The van der Waals surface area contributed by atoms with Gasteiger partial charge in [0.25, 0.3) is 5.91 Å². The van der Waals surface area contributed by atoms with Crippen LogP contribution in [0.25, 0.3) is 0 Å². The van der Waals surface area contributed by atoms with Crippen molar-refractivity contribution in [3.63, 3.8) is 0 Å². The van der Waals surface area contributed by atoms with Gasteiger partial charge in [0.2, 0.25) is 0 Å². The lowest BCUT2D eigenvalue weighted by atomic mass is 10.1. The fraction of sp³-hybridized carbons (Fsp3) is 0.261. The number of aromatic nitrogens is 2. The molecule has 0 radical (unpaired) electrons. The zero-order chi connectivity index (χ0) is 20.6. The summed E-state index contributed by atoms with van der Waals surface area (Å²) in [4.78, 5) is 23.5. The quantitative estimate of drug-likeness (QED) is 0.631. The summed E-state index contributed by atoms with van der Waals surface area (Å²) in [6, 6.07) is 15.4. The van der Waals surface area contributed by atoms with Crippen molar-refractivity contribution >= 4 is 17.4 Å². The fourth-order valence-electron chi connectivity index (χ4n) is 3.33. The van der Waals surface area contributed by atoms with Gasteiger partial charge in [-0.05, 0) is 47.5 Å². The third kappa shape index (κ3) is 5.40. The second kappa shape index (κ2) is 9.96. The molecule has 3 heterocycles. The number of nitrogens with one attached hydrogen (secondary N) is 2. The molecule has 0 saturated carbocycles. The summed E-state index contributed by atoms with van der Waals surface area (Å²) in [5.41, 5.74) is 3.55. The van der Waals surface area contributed by atoms with Crippen LogP contribution in [0.3, 0.4) is 0 Å². The normalized spacial score (nSPS) is 14.3. The summed E-state index contributed by atoms with van der Waals surface area (Å²) >= 11 is 0. The third-order valence-corrected chi connectivity index (χ3v) is 4.98. The number of hydrogen-bond acceptors (Lipinski definition) is 6. The van der Waals surface area contributed by atoms with Crippen LogP contribution in [0.15, 0.2) is 67.1 Å². The first kappa shape index (κ1) is 20.0. The Morgan fingerprint density at radius 3 is 2.50 bits per heavy atom. The summed E-state index contributed by atoms with van der Waals surface area (Å²) in [6.45, 7) is 4.94. The zero-order valence-corrected chi connectivity index (χ0v) is 16.8. The molecule has 7 nitrogen and oxygen atoms in total. The van der Waals surface area contributed by atoms with Crippen LogP contribution in [-0.2, 0) is 17.8 Å². The Hall–Kier alpha value is -3.29. The first-order chi connectivity index (χ1) is 14.8. The smallest absolute Gasteiger partial charge is 0.259 e. The Morgan fingerprint density at radius 1 is 0.967 bits per heavy atom. The van der Waals surface area contributed by atoms with Crippen LogP contribution in [0.5, 0.6) is 0 Å². The minimum Gasteiger partial charge on any atom is -0.379 e. The van der Waals surface area contributed by atoms with Crippen LogP contribution in [0.1, 0.15) is 21.5 Å². The van der Waals surface area contributed by atoms with Crippen LogP contribution < -0.4 is 10.6 Å². The van der Waals surface area contributed by atoms with Crippen LogP contribution in [-0.4, -0.2) is 47.1 Å². The van der Waals surface area contributed by atoms with Crippen LogP contribution in [0, 0.1) is 0 Å². The molecule has 30 heavy (non-hydrogen) atoms. The topological polar surface area (TPSA) is 79.4 Å². The largest absolute Gasteiger partial charge is 0.379 e. The molecule has 0 unspecified atom stereocenters. The van der Waals surface area contributed by atoms with Gasteiger partial charge in [-0.25, -0.2) is 4.98 Å². The van der Waals surface area contributed by atoms with Gasteiger partial charge in [0, 0.05) is 50.5 Å². The molecule has 3 aromatic rings. The molecule has 7 heteroatoms. The van der Waals surface area contributed by atoms with E-state index in [0.29, 0.717) is 17.9 Å². The van der Waals surface area contributed by atoms with Crippen molar-refractivity contribution in [3.8, 4) is 0 Å². The first-order valence-corrected chi connectivity index (χ1v) is 10.1. The molecular weight excluding hydrogens is 378 g/mol. The monoisotopic (exact) mass is 403 g/mol. The summed E-state index contributed by atoms with van der Waals surface area (Å²) in [6.07, 6.45) is 5.16. The summed E-state index contributed by atoms with van der Waals surface area (Å²) in [7, 11) is 0. The number of hydrogen-bond donors (Lipinski definition) is 2. The summed E-state index contributed by atoms with van der Waals surface area (Å²) in [5.74, 6) is 0.358. The Bertz CT molecular complexity index is 957. The van der Waals surface area contributed by atoms with E-state index in [1.807, 2.05) is 24.3 Å². The van der Waals surface area contributed by atoms with Gasteiger partial charge in [-0.1, -0.05) is 12.1 Å². The molecule has 1 aromatic carbocycles. The number of amides is 1. The summed E-state index contributed by atoms with van der Waals surface area (Å²) < 4.78 is 5.39. The molecule has 0 atom stereocenters. The lowest BCUT2D eigenvalue weighted by Crippen LogP contribution is -2.35. The Morgan fingerprint density at radius 2 is 1.73 bits per heavy atom. The lowest BCUT2D eigenvalue weighted by molar-refractivity contribution is 0.0342. The van der Waals surface area contributed by atoms with Gasteiger partial charge in [0.05, 0.1) is 18.8 Å². The first-order valence-electron chi connectivity index (χ1n) is 10.1. The van der Waals surface area contributed by atoms with Gasteiger partial charge >= 0.3 is 0 Å². The number of nitrogens with zero attached hydrogens (tertiary/aromatic N) is 3. The Balaban J connectivity index is 1.37. The third-order valence-electron chi connectivity index (χ3n) is 4.98. The standard InChI is InChI=1S/C23H25N5O2/c29-23(21-2-1-9-25-22(21)26-16-18-7-10-24-11-8-18)27-20-5-3-19(4-6-20)17-28-12-14-30-15-13-28/h1-11H,12-17H2,(H,25,26)(H,27,29). The second-order valence-electron chi connectivity index (χ2n) is 7.15. The number of ether oxygens (including phenoxy) is 1. The van der Waals surface area contributed by atoms with Crippen molar-refractivity contribution < 1.29 is 9.53 Å². The SMILES string of the molecule is O=C(Nc1ccc(CN2CCOCC2)cc1)c1cccnc1NCc1ccncc1. The molecule has 0 spiro atoms. The average Bonchev–Trinajstić information content (AvgIpc) is 2.80. The maximum atomic E-state index is 12.8. The molecule has 1 aliphatic heterocycles. The average molecular weight is 403 g/mol. The number of pyridine rings is 2. The van der Waals surface area contributed by atoms with E-state index in [9.17, 15) is 4.79 Å². The van der Waals surface area contributed by atoms with E-state index in [-0.39, 0.29) is 5.91 Å². The molecule has 0 aliphatic carbocycles. The predicted octanol–water partition coefficient (Wildman–Crippen LogP) is 3.17. The Kier molecular flexibility index (Phi) is 6.64. The van der Waals surface area contributed by atoms with Gasteiger partial charge in [0.1, 0.15) is 5.82 Å². The number of carbonyl (C=O) groups excluding carboxylic acids is 1. The molecule has 154 valence electrons. The van der Waals surface area contributed by atoms with Gasteiger partial charge in [-0.3, -0.25) is 14.7 Å². The van der Waals surface area contributed by atoms with E-state index in [0.717, 1.165) is 44.1 Å². The second-order valence-corrected chi connectivity index (χ2v) is 7.15. The van der Waals surface area contributed by atoms with Crippen LogP contribution >= 0.6 is 0 Å². The number of benzene rings is 1. The van der Waals surface area contributed by atoms with Gasteiger partial charge in [-0.2, -0.15) is 0 Å². The molecule has 4 rings (SSSR count). The summed E-state index contributed by atoms with van der Waals surface area (Å²) in [5, 5.41) is 6.20. The number of anilines is 2. The Labute approximate surface area is 176 Å². The highest BCUT2D eigenvalue weighted by molar-refractivity contribution is 6.07. The van der Waals surface area contributed by atoms with Crippen LogP contribution in [0.4, 0.5) is 11.5 Å². The van der Waals surface area contributed by atoms with E-state index >= 15 is 0 Å². The van der Waals surface area contributed by atoms with E-state index in [1.165, 1.54) is 5.56 Å².